The largest absolute Gasteiger partial charge is 0.330 e. The summed E-state index contributed by atoms with van der Waals surface area (Å²) in [6.45, 7) is 6.81. The molecule has 0 radical (unpaired) electrons. The maximum absolute atomic E-state index is 5.49. The molecule has 0 bridgehead atoms. The van der Waals surface area contributed by atoms with Crippen LogP contribution in [-0.2, 0) is 0 Å². The Morgan fingerprint density at radius 1 is 1.15 bits per heavy atom. The number of nitrogens with zero attached hydrogens (tertiary/aromatic N) is 1. The molecule has 2 N–H and O–H groups in total. The maximum atomic E-state index is 5.49. The molecule has 0 saturated carbocycles. The lowest BCUT2D eigenvalue weighted by Crippen LogP contribution is -2.44. The van der Waals surface area contributed by atoms with Gasteiger partial charge in [0.15, 0.2) is 0 Å². The molecule has 1 aliphatic heterocycles. The van der Waals surface area contributed by atoms with Crippen molar-refractivity contribution in [3.05, 3.63) is 0 Å². The fourth-order valence-corrected chi connectivity index (χ4v) is 2.35. The second kappa shape index (κ2) is 5.61. The first-order valence-corrected chi connectivity index (χ1v) is 5.71. The van der Waals surface area contributed by atoms with Crippen molar-refractivity contribution < 1.29 is 0 Å². The molecular weight excluding hydrogens is 160 g/mol. The summed E-state index contributed by atoms with van der Waals surface area (Å²) in [6.07, 6.45) is 6.62. The van der Waals surface area contributed by atoms with Gasteiger partial charge in [-0.3, -0.25) is 4.90 Å². The van der Waals surface area contributed by atoms with E-state index < -0.39 is 0 Å². The Labute approximate surface area is 82.5 Å². The lowest BCUT2D eigenvalue weighted by atomic mass is 9.97. The number of hydrogen-bond donors (Lipinski definition) is 1. The second-order valence-electron chi connectivity index (χ2n) is 4.36. The lowest BCUT2D eigenvalue weighted by molar-refractivity contribution is 0.102. The van der Waals surface area contributed by atoms with Gasteiger partial charge in [-0.15, -0.1) is 0 Å². The molecule has 0 aromatic carbocycles. The highest BCUT2D eigenvalue weighted by Crippen LogP contribution is 2.22. The van der Waals surface area contributed by atoms with E-state index in [4.69, 9.17) is 5.73 Å². The van der Waals surface area contributed by atoms with Crippen LogP contribution in [0.5, 0.6) is 0 Å². The molecule has 13 heavy (non-hydrogen) atoms. The maximum Gasteiger partial charge on any atom is 0.00697 e. The zero-order valence-electron chi connectivity index (χ0n) is 9.13. The van der Waals surface area contributed by atoms with Gasteiger partial charge in [0, 0.05) is 12.1 Å². The zero-order valence-corrected chi connectivity index (χ0v) is 9.13. The summed E-state index contributed by atoms with van der Waals surface area (Å²) in [4.78, 5) is 2.65. The van der Waals surface area contributed by atoms with Gasteiger partial charge in [0.05, 0.1) is 0 Å². The predicted octanol–water partition coefficient (Wildman–Crippen LogP) is 1.99. The Kier molecular flexibility index (Phi) is 4.74. The van der Waals surface area contributed by atoms with Crippen LogP contribution < -0.4 is 5.73 Å². The summed E-state index contributed by atoms with van der Waals surface area (Å²) < 4.78 is 0. The molecule has 1 saturated heterocycles. The van der Waals surface area contributed by atoms with Crippen molar-refractivity contribution in [2.75, 3.05) is 13.1 Å². The standard InChI is InChI=1S/C11H24N2/c1-10-6-5-7-11(2)13(10)9-4-3-8-12/h10-11H,3-9,12H2,1-2H3. The van der Waals surface area contributed by atoms with Crippen molar-refractivity contribution >= 4 is 0 Å². The molecule has 2 nitrogen and oxygen atoms in total. The molecule has 1 heterocycles. The van der Waals surface area contributed by atoms with Crippen LogP contribution in [0.3, 0.4) is 0 Å². The summed E-state index contributed by atoms with van der Waals surface area (Å²) in [5.74, 6) is 0. The summed E-state index contributed by atoms with van der Waals surface area (Å²) in [6, 6.07) is 1.59. The molecule has 0 aromatic heterocycles. The highest BCUT2D eigenvalue weighted by atomic mass is 15.2. The monoisotopic (exact) mass is 184 g/mol. The van der Waals surface area contributed by atoms with E-state index >= 15 is 0 Å². The summed E-state index contributed by atoms with van der Waals surface area (Å²) in [5.41, 5.74) is 5.49. The van der Waals surface area contributed by atoms with Gasteiger partial charge in [0.1, 0.15) is 0 Å². The van der Waals surface area contributed by atoms with Crippen LogP contribution in [0.1, 0.15) is 46.0 Å². The zero-order chi connectivity index (χ0) is 9.68. The first-order chi connectivity index (χ1) is 6.25. The van der Waals surface area contributed by atoms with Gasteiger partial charge >= 0.3 is 0 Å². The van der Waals surface area contributed by atoms with Gasteiger partial charge in [-0.05, 0) is 52.6 Å². The topological polar surface area (TPSA) is 29.3 Å². The predicted molar refractivity (Wildman–Crippen MR) is 57.8 cm³/mol. The molecule has 1 rings (SSSR count). The highest BCUT2D eigenvalue weighted by molar-refractivity contribution is 4.79. The quantitative estimate of drug-likeness (QED) is 0.677. The van der Waals surface area contributed by atoms with E-state index in [9.17, 15) is 0 Å². The Hall–Kier alpha value is -0.0800. The molecule has 2 atom stereocenters. The van der Waals surface area contributed by atoms with Crippen LogP contribution in [0.2, 0.25) is 0 Å². The molecule has 0 amide bonds. The number of piperidine rings is 1. The third kappa shape index (κ3) is 3.28. The summed E-state index contributed by atoms with van der Waals surface area (Å²) in [7, 11) is 0. The van der Waals surface area contributed by atoms with Gasteiger partial charge in [-0.25, -0.2) is 0 Å². The number of rotatable bonds is 4. The third-order valence-corrected chi connectivity index (χ3v) is 3.25. The molecular formula is C11H24N2. The van der Waals surface area contributed by atoms with Gasteiger partial charge in [-0.1, -0.05) is 6.42 Å². The van der Waals surface area contributed by atoms with E-state index in [1.165, 1.54) is 38.6 Å². The van der Waals surface area contributed by atoms with Crippen LogP contribution in [-0.4, -0.2) is 30.1 Å². The fraction of sp³-hybridized carbons (Fsp3) is 1.00. The molecule has 0 aromatic rings. The van der Waals surface area contributed by atoms with Crippen molar-refractivity contribution in [3.63, 3.8) is 0 Å². The first-order valence-electron chi connectivity index (χ1n) is 5.71. The van der Waals surface area contributed by atoms with E-state index in [0.717, 1.165) is 18.6 Å². The Balaban J connectivity index is 2.26. The molecule has 1 aliphatic rings. The van der Waals surface area contributed by atoms with Crippen LogP contribution in [0.4, 0.5) is 0 Å². The number of hydrogen-bond acceptors (Lipinski definition) is 2. The van der Waals surface area contributed by atoms with Crippen molar-refractivity contribution in [1.29, 1.82) is 0 Å². The summed E-state index contributed by atoms with van der Waals surface area (Å²) >= 11 is 0. The third-order valence-electron chi connectivity index (χ3n) is 3.25. The van der Waals surface area contributed by atoms with E-state index in [2.05, 4.69) is 18.7 Å². The number of likely N-dealkylation sites (tertiary alicyclic amines) is 1. The van der Waals surface area contributed by atoms with Gasteiger partial charge < -0.3 is 5.73 Å². The molecule has 78 valence electrons. The Morgan fingerprint density at radius 2 is 1.77 bits per heavy atom. The minimum Gasteiger partial charge on any atom is -0.330 e. The van der Waals surface area contributed by atoms with Crippen LogP contribution in [0.15, 0.2) is 0 Å². The average Bonchev–Trinajstić information content (AvgIpc) is 2.10. The highest BCUT2D eigenvalue weighted by Gasteiger charge is 2.23. The van der Waals surface area contributed by atoms with Crippen molar-refractivity contribution in [2.24, 2.45) is 5.73 Å². The Bertz CT molecular complexity index is 126. The van der Waals surface area contributed by atoms with Crippen molar-refractivity contribution in [2.45, 2.75) is 58.0 Å². The van der Waals surface area contributed by atoms with E-state index in [1.54, 1.807) is 0 Å². The number of nitrogens with two attached hydrogens (primary N) is 1. The van der Waals surface area contributed by atoms with Gasteiger partial charge in [0.2, 0.25) is 0 Å². The molecule has 2 heteroatoms. The lowest BCUT2D eigenvalue weighted by Gasteiger charge is -2.39. The van der Waals surface area contributed by atoms with Crippen LogP contribution in [0.25, 0.3) is 0 Å². The molecule has 0 spiro atoms. The number of unbranched alkanes of at least 4 members (excludes halogenated alkanes) is 1. The van der Waals surface area contributed by atoms with Crippen molar-refractivity contribution in [3.8, 4) is 0 Å². The minimum absolute atomic E-state index is 0.793. The minimum atomic E-state index is 0.793. The Morgan fingerprint density at radius 3 is 2.31 bits per heavy atom. The smallest absolute Gasteiger partial charge is 0.00697 e. The van der Waals surface area contributed by atoms with Crippen LogP contribution >= 0.6 is 0 Å². The fourth-order valence-electron chi connectivity index (χ4n) is 2.35. The van der Waals surface area contributed by atoms with Crippen LogP contribution in [0, 0.1) is 0 Å². The average molecular weight is 184 g/mol. The van der Waals surface area contributed by atoms with Gasteiger partial charge in [0.25, 0.3) is 0 Å². The molecule has 2 unspecified atom stereocenters. The SMILES string of the molecule is CC1CCCC(C)N1CCCCN. The van der Waals surface area contributed by atoms with Crippen molar-refractivity contribution in [1.82, 2.24) is 4.90 Å². The van der Waals surface area contributed by atoms with E-state index in [1.807, 2.05) is 0 Å². The first kappa shape index (κ1) is 11.0. The molecule has 0 aliphatic carbocycles. The van der Waals surface area contributed by atoms with E-state index in [-0.39, 0.29) is 0 Å². The normalized spacial score (nSPS) is 30.7. The van der Waals surface area contributed by atoms with E-state index in [0.29, 0.717) is 0 Å². The molecule has 1 fully saturated rings. The van der Waals surface area contributed by atoms with Gasteiger partial charge in [-0.2, -0.15) is 0 Å². The second-order valence-corrected chi connectivity index (χ2v) is 4.36. The summed E-state index contributed by atoms with van der Waals surface area (Å²) in [5, 5.41) is 0.